The quantitative estimate of drug-likeness (QED) is 0.195. The standard InChI is InChI=1S/C25H49Cl5GeSi4/c1-24(2,3)18-16-19(22(32(4,5)6)33(7,8)9)21(31(29,30)25(26,27)28)20(17-18)23(34(10,11)12)35(13,14)15/h16-17,22-23H,1-15H3. The normalized spacial score (nSPS) is 15.4. The Morgan fingerprint density at radius 2 is 0.857 bits per heavy atom. The van der Waals surface area contributed by atoms with Crippen LogP contribution in [0.2, 0.25) is 78.6 Å². The van der Waals surface area contributed by atoms with Gasteiger partial charge in [0, 0.05) is 0 Å². The van der Waals surface area contributed by atoms with E-state index in [1.165, 1.54) is 16.7 Å². The molecule has 0 aromatic heterocycles. The summed E-state index contributed by atoms with van der Waals surface area (Å²) in [5.74, 6) is 0. The Morgan fingerprint density at radius 3 is 1.03 bits per heavy atom. The van der Waals surface area contributed by atoms with E-state index in [0.717, 1.165) is 4.40 Å². The average Bonchev–Trinajstić information content (AvgIpc) is 2.46. The number of hydrogen-bond donors (Lipinski definition) is 0. The van der Waals surface area contributed by atoms with Crippen molar-refractivity contribution in [1.29, 1.82) is 0 Å². The molecule has 0 atom stereocenters. The molecule has 0 saturated heterocycles. The second kappa shape index (κ2) is 10.8. The average molecular weight is 712 g/mol. The van der Waals surface area contributed by atoms with Crippen molar-refractivity contribution < 1.29 is 0 Å². The van der Waals surface area contributed by atoms with Crippen LogP contribution >= 0.6 is 54.8 Å². The van der Waals surface area contributed by atoms with Crippen LogP contribution in [0.5, 0.6) is 0 Å². The van der Waals surface area contributed by atoms with Crippen molar-refractivity contribution in [3.63, 3.8) is 0 Å². The summed E-state index contributed by atoms with van der Waals surface area (Å²) in [6.07, 6.45) is 0. The SMILES string of the molecule is CC(C)(C)c1cc(C([Si](C)(C)C)[Si](C)(C)C)[c]([Ge]([Cl])([Cl])[C](Cl)(Cl)Cl)c(C([Si](C)(C)C)[Si](C)(C)C)c1. The molecular formula is C25H49Cl5GeSi4. The predicted molar refractivity (Wildman–Crippen MR) is 181 cm³/mol. The molecule has 0 aliphatic carbocycles. The Bertz CT molecular complexity index is 828. The van der Waals surface area contributed by atoms with Gasteiger partial charge in [0.1, 0.15) is 0 Å². The molecule has 1 aromatic carbocycles. The van der Waals surface area contributed by atoms with Crippen LogP contribution in [-0.4, -0.2) is 46.3 Å². The van der Waals surface area contributed by atoms with E-state index in [1.54, 1.807) is 0 Å². The van der Waals surface area contributed by atoms with Gasteiger partial charge in [-0.1, -0.05) is 0 Å². The summed E-state index contributed by atoms with van der Waals surface area (Å²) in [6.45, 7) is 36.6. The van der Waals surface area contributed by atoms with Crippen molar-refractivity contribution in [3.05, 3.63) is 28.8 Å². The second-order valence-corrected chi connectivity index (χ2v) is 54.3. The van der Waals surface area contributed by atoms with E-state index in [0.29, 0.717) is 10.3 Å². The molecule has 0 unspecified atom stereocenters. The van der Waals surface area contributed by atoms with Crippen LogP contribution in [0.15, 0.2) is 12.1 Å². The van der Waals surface area contributed by atoms with Gasteiger partial charge in [0.25, 0.3) is 0 Å². The fourth-order valence-electron chi connectivity index (χ4n) is 6.54. The summed E-state index contributed by atoms with van der Waals surface area (Å²) in [7, 11) is 8.06. The zero-order valence-electron chi connectivity index (χ0n) is 24.7. The third-order valence-corrected chi connectivity index (χ3v) is 41.8. The first-order valence-electron chi connectivity index (χ1n) is 12.6. The van der Waals surface area contributed by atoms with Crippen LogP contribution < -0.4 is 4.40 Å². The Morgan fingerprint density at radius 1 is 0.600 bits per heavy atom. The molecule has 0 radical (unpaired) electrons. The molecule has 0 saturated carbocycles. The van der Waals surface area contributed by atoms with Gasteiger partial charge >= 0.3 is 249 Å². The zero-order chi connectivity index (χ0) is 28.4. The molecule has 0 nitrogen and oxygen atoms in total. The van der Waals surface area contributed by atoms with E-state index in [4.69, 9.17) is 54.8 Å². The molecule has 10 heteroatoms. The minimum atomic E-state index is -4.23. The van der Waals surface area contributed by atoms with Gasteiger partial charge in [0.05, 0.1) is 0 Å². The summed E-state index contributed by atoms with van der Waals surface area (Å²) in [4.78, 5) is 0. The van der Waals surface area contributed by atoms with Crippen LogP contribution in [0, 0.1) is 0 Å². The van der Waals surface area contributed by atoms with Crippen LogP contribution in [-0.2, 0) is 5.41 Å². The van der Waals surface area contributed by atoms with Crippen molar-refractivity contribution in [1.82, 2.24) is 0 Å². The number of rotatable bonds is 7. The van der Waals surface area contributed by atoms with Crippen LogP contribution in [0.1, 0.15) is 47.8 Å². The molecule has 1 aromatic rings. The van der Waals surface area contributed by atoms with Gasteiger partial charge in [-0.05, 0) is 0 Å². The fraction of sp³-hybridized carbons (Fsp3) is 0.760. The first-order chi connectivity index (χ1) is 14.9. The molecule has 0 aliphatic rings. The maximum absolute atomic E-state index is 7.42. The van der Waals surface area contributed by atoms with E-state index >= 15 is 0 Å². The fourth-order valence-corrected chi connectivity index (χ4v) is 39.9. The molecule has 35 heavy (non-hydrogen) atoms. The summed E-state index contributed by atoms with van der Waals surface area (Å²) >= 11 is 15.9. The van der Waals surface area contributed by atoms with Crippen LogP contribution in [0.25, 0.3) is 0 Å². The summed E-state index contributed by atoms with van der Waals surface area (Å²) in [6, 6.07) is 4.85. The Hall–Kier alpha value is 2.08. The molecule has 0 bridgehead atoms. The number of alkyl halides is 3. The third-order valence-electron chi connectivity index (χ3n) is 6.82. The second-order valence-electron chi connectivity index (χ2n) is 15.7. The molecule has 0 heterocycles. The number of hydrogen-bond acceptors (Lipinski definition) is 0. The number of halogens is 5. The van der Waals surface area contributed by atoms with Gasteiger partial charge in [-0.15, -0.1) is 0 Å². The maximum atomic E-state index is 7.42. The molecule has 0 amide bonds. The topological polar surface area (TPSA) is 0 Å². The van der Waals surface area contributed by atoms with Crippen molar-refractivity contribution in [2.75, 3.05) is 0 Å². The van der Waals surface area contributed by atoms with Gasteiger partial charge < -0.3 is 0 Å². The van der Waals surface area contributed by atoms with Crippen LogP contribution in [0.4, 0.5) is 0 Å². The van der Waals surface area contributed by atoms with Crippen molar-refractivity contribution >= 4 is 103 Å². The zero-order valence-corrected chi connectivity index (χ0v) is 34.6. The summed E-state index contributed by atoms with van der Waals surface area (Å²) in [5, 5.41) is 0.898. The van der Waals surface area contributed by atoms with E-state index in [9.17, 15) is 0 Å². The molecule has 0 N–H and O–H groups in total. The van der Waals surface area contributed by atoms with E-state index in [1.807, 2.05) is 0 Å². The van der Waals surface area contributed by atoms with Gasteiger partial charge in [0.15, 0.2) is 0 Å². The molecule has 0 spiro atoms. The van der Waals surface area contributed by atoms with Crippen molar-refractivity contribution in [2.24, 2.45) is 0 Å². The van der Waals surface area contributed by atoms with E-state index in [2.05, 4.69) is 111 Å². The summed E-state index contributed by atoms with van der Waals surface area (Å²) < 4.78 is -0.603. The summed E-state index contributed by atoms with van der Waals surface area (Å²) in [5.41, 5.74) is 3.99. The Kier molecular flexibility index (Phi) is 10.8. The van der Waals surface area contributed by atoms with Gasteiger partial charge in [-0.2, -0.15) is 0 Å². The van der Waals surface area contributed by atoms with Crippen molar-refractivity contribution in [2.45, 2.75) is 118 Å². The molecule has 1 rings (SSSR count). The van der Waals surface area contributed by atoms with Gasteiger partial charge in [-0.3, -0.25) is 0 Å². The van der Waals surface area contributed by atoms with Gasteiger partial charge in [-0.25, -0.2) is 0 Å². The predicted octanol–water partition coefficient (Wildman–Crippen LogP) is 10.7. The molecule has 0 aliphatic heterocycles. The van der Waals surface area contributed by atoms with Crippen molar-refractivity contribution in [3.8, 4) is 0 Å². The Labute approximate surface area is 247 Å². The Balaban J connectivity index is 4.62. The molecular weight excluding hydrogens is 662 g/mol. The number of benzene rings is 1. The first-order valence-corrected chi connectivity index (χ1v) is 35.6. The molecule has 204 valence electrons. The van der Waals surface area contributed by atoms with Crippen LogP contribution in [0.3, 0.4) is 0 Å². The van der Waals surface area contributed by atoms with Gasteiger partial charge in [0.2, 0.25) is 0 Å². The first kappa shape index (κ1) is 35.1. The molecule has 0 fully saturated rings. The van der Waals surface area contributed by atoms with E-state index < -0.39 is 46.3 Å². The monoisotopic (exact) mass is 710 g/mol. The third kappa shape index (κ3) is 8.29. The van der Waals surface area contributed by atoms with E-state index in [-0.39, 0.29) is 5.41 Å². The minimum absolute atomic E-state index is 0.0108.